The highest BCUT2D eigenvalue weighted by Crippen LogP contribution is 2.21. The van der Waals surface area contributed by atoms with Crippen molar-refractivity contribution in [1.82, 2.24) is 4.90 Å². The number of unbranched alkanes of at least 4 members (excludes halogenated alkanes) is 23. The van der Waals surface area contributed by atoms with Crippen LogP contribution in [0.25, 0.3) is 0 Å². The molecule has 0 saturated heterocycles. The van der Waals surface area contributed by atoms with Gasteiger partial charge >= 0.3 is 11.9 Å². The van der Waals surface area contributed by atoms with E-state index in [0.717, 1.165) is 96.7 Å². The Labute approximate surface area is 369 Å². The maximum Gasteiger partial charge on any atom is 0.308 e. The molecule has 59 heavy (non-hydrogen) atoms. The third-order valence-electron chi connectivity index (χ3n) is 11.2. The molecule has 7 nitrogen and oxygen atoms in total. The maximum absolute atomic E-state index is 12.9. The molecule has 0 aromatic carbocycles. The van der Waals surface area contributed by atoms with Crippen LogP contribution in [0.2, 0.25) is 0 Å². The molecule has 0 radical (unpaired) electrons. The van der Waals surface area contributed by atoms with E-state index in [-0.39, 0.29) is 23.8 Å². The van der Waals surface area contributed by atoms with Crippen molar-refractivity contribution in [2.24, 2.45) is 11.8 Å². The van der Waals surface area contributed by atoms with Crippen LogP contribution in [0.4, 0.5) is 0 Å². The van der Waals surface area contributed by atoms with Crippen molar-refractivity contribution in [2.45, 2.75) is 260 Å². The van der Waals surface area contributed by atoms with Crippen molar-refractivity contribution >= 4 is 18.2 Å². The number of hydrogen-bond acceptors (Lipinski definition) is 7. The summed E-state index contributed by atoms with van der Waals surface area (Å²) in [6.07, 6.45) is 41.4. The van der Waals surface area contributed by atoms with Gasteiger partial charge in [0.2, 0.25) is 0 Å². The van der Waals surface area contributed by atoms with Gasteiger partial charge in [-0.2, -0.15) is 0 Å². The number of nitrogens with zero attached hydrogens (tertiary/aromatic N) is 1. The lowest BCUT2D eigenvalue weighted by atomic mass is 9.94. The molecular weight excluding hydrogens is 735 g/mol. The summed E-state index contributed by atoms with van der Waals surface area (Å²) in [7, 11) is 1.77. The molecule has 0 rings (SSSR count). The monoisotopic (exact) mass is 840 g/mol. The minimum absolute atomic E-state index is 0.0560. The van der Waals surface area contributed by atoms with Gasteiger partial charge in [0.05, 0.1) is 19.1 Å². The average molecular weight is 840 g/mol. The van der Waals surface area contributed by atoms with E-state index in [2.05, 4.69) is 39.5 Å². The predicted octanol–water partition coefficient (Wildman–Crippen LogP) is 15.4. The molecule has 0 aromatic heterocycles. The lowest BCUT2D eigenvalue weighted by molar-refractivity contribution is -0.149. The van der Waals surface area contributed by atoms with Gasteiger partial charge in [0.15, 0.2) is 0 Å². The number of aldehydes is 1. The lowest BCUT2D eigenvalue weighted by Gasteiger charge is -2.22. The van der Waals surface area contributed by atoms with Gasteiger partial charge in [-0.15, -0.1) is 0 Å². The number of esters is 2. The Morgan fingerprint density at radius 1 is 0.458 bits per heavy atom. The molecule has 0 amide bonds. The fourth-order valence-electron chi connectivity index (χ4n) is 7.19. The van der Waals surface area contributed by atoms with E-state index in [1.54, 1.807) is 7.11 Å². The first-order valence-corrected chi connectivity index (χ1v) is 25.7. The van der Waals surface area contributed by atoms with Crippen LogP contribution in [0.3, 0.4) is 0 Å². The first-order chi connectivity index (χ1) is 28.8. The third-order valence-corrected chi connectivity index (χ3v) is 11.2. The summed E-state index contributed by atoms with van der Waals surface area (Å²) in [5.41, 5.74) is 0. The summed E-state index contributed by atoms with van der Waals surface area (Å²) in [6, 6.07) is 0. The second-order valence-corrected chi connectivity index (χ2v) is 17.4. The van der Waals surface area contributed by atoms with E-state index in [0.29, 0.717) is 13.2 Å². The Balaban J connectivity index is -0.00000143. The Hall–Kier alpha value is -1.47. The number of rotatable bonds is 43. The molecule has 354 valence electrons. The molecule has 2 unspecified atom stereocenters. The van der Waals surface area contributed by atoms with Crippen molar-refractivity contribution in [2.75, 3.05) is 46.6 Å². The van der Waals surface area contributed by atoms with Gasteiger partial charge in [-0.1, -0.05) is 196 Å². The third kappa shape index (κ3) is 54.5. The van der Waals surface area contributed by atoms with E-state index >= 15 is 0 Å². The van der Waals surface area contributed by atoms with Crippen molar-refractivity contribution in [3.8, 4) is 0 Å². The van der Waals surface area contributed by atoms with E-state index in [1.807, 2.05) is 6.92 Å². The molecule has 0 fully saturated rings. The first kappa shape index (κ1) is 61.8. The first-order valence-electron chi connectivity index (χ1n) is 25.7. The molecular formula is C52H105NO6. The maximum atomic E-state index is 12.9. The zero-order valence-electron chi connectivity index (χ0n) is 41.2. The Kier molecular flexibility index (Phi) is 57.2. The topological polar surface area (TPSA) is 82.1 Å². The molecule has 0 aliphatic heterocycles. The molecule has 0 aliphatic carbocycles. The van der Waals surface area contributed by atoms with E-state index in [1.165, 1.54) is 155 Å². The standard InChI is InChI=1S/C35H69NO5.C11H22O.C6H14/c1-5-7-9-11-12-18-26-34(25-17-10-8-6-2)35(38)41-32-23-16-14-20-28-36(27-19-13-15-22-30-39-4)29-21-24-31-40-33(3)37;1-3-4-5-6-7-8-9-11(2)10-12;1-3-5-6-4-2/h34H,5-32H2,1-4H3;10-11H,3-9H2,1-2H3;3-6H2,1-2H3. The molecule has 0 bridgehead atoms. The SMILES string of the molecule is CCCCCC.CCCCCCCCC(C)C=O.CCCCCCCCC(CCCCCC)C(=O)OCCCCCCN(CCCCCCOC)CCCCOC(C)=O. The van der Waals surface area contributed by atoms with Gasteiger partial charge in [0.25, 0.3) is 0 Å². The van der Waals surface area contributed by atoms with Gasteiger partial charge < -0.3 is 23.9 Å². The van der Waals surface area contributed by atoms with Crippen LogP contribution in [0, 0.1) is 11.8 Å². The minimum Gasteiger partial charge on any atom is -0.466 e. The molecule has 0 aliphatic rings. The quantitative estimate of drug-likeness (QED) is 0.0343. The van der Waals surface area contributed by atoms with Gasteiger partial charge in [-0.25, -0.2) is 0 Å². The fourth-order valence-corrected chi connectivity index (χ4v) is 7.19. The second-order valence-electron chi connectivity index (χ2n) is 17.4. The summed E-state index contributed by atoms with van der Waals surface area (Å²) < 4.78 is 16.0. The summed E-state index contributed by atoms with van der Waals surface area (Å²) in [5.74, 6) is 0.238. The normalized spacial score (nSPS) is 11.9. The number of methoxy groups -OCH3 is 1. The largest absolute Gasteiger partial charge is 0.466 e. The van der Waals surface area contributed by atoms with E-state index in [9.17, 15) is 14.4 Å². The number of hydrogen-bond donors (Lipinski definition) is 0. The smallest absolute Gasteiger partial charge is 0.308 e. The van der Waals surface area contributed by atoms with Crippen molar-refractivity contribution in [3.63, 3.8) is 0 Å². The summed E-state index contributed by atoms with van der Waals surface area (Å²) >= 11 is 0. The second kappa shape index (κ2) is 54.5. The number of carbonyl (C=O) groups excluding carboxylic acids is 3. The van der Waals surface area contributed by atoms with Crippen LogP contribution in [0.15, 0.2) is 0 Å². The molecule has 2 atom stereocenters. The zero-order valence-corrected chi connectivity index (χ0v) is 41.2. The average Bonchev–Trinajstić information content (AvgIpc) is 3.23. The minimum atomic E-state index is -0.191. The fraction of sp³-hybridized carbons (Fsp3) is 0.942. The van der Waals surface area contributed by atoms with Crippen molar-refractivity contribution < 1.29 is 28.6 Å². The highest BCUT2D eigenvalue weighted by molar-refractivity contribution is 5.72. The van der Waals surface area contributed by atoms with Gasteiger partial charge in [0.1, 0.15) is 6.29 Å². The molecule has 0 aromatic rings. The van der Waals surface area contributed by atoms with Crippen molar-refractivity contribution in [1.29, 1.82) is 0 Å². The number of carbonyl (C=O) groups is 3. The molecule has 0 saturated carbocycles. The lowest BCUT2D eigenvalue weighted by Crippen LogP contribution is -2.27. The highest BCUT2D eigenvalue weighted by atomic mass is 16.5. The zero-order chi connectivity index (χ0) is 44.3. The highest BCUT2D eigenvalue weighted by Gasteiger charge is 2.19. The van der Waals surface area contributed by atoms with Crippen LogP contribution >= 0.6 is 0 Å². The number of ether oxygens (including phenoxy) is 3. The predicted molar refractivity (Wildman–Crippen MR) is 255 cm³/mol. The molecule has 0 spiro atoms. The molecule has 0 heterocycles. The summed E-state index contributed by atoms with van der Waals surface area (Å²) in [4.78, 5) is 36.7. The van der Waals surface area contributed by atoms with E-state index in [4.69, 9.17) is 14.2 Å². The van der Waals surface area contributed by atoms with Crippen LogP contribution in [-0.2, 0) is 28.6 Å². The van der Waals surface area contributed by atoms with Crippen LogP contribution in [0.5, 0.6) is 0 Å². The summed E-state index contributed by atoms with van der Waals surface area (Å²) in [5, 5.41) is 0. The summed E-state index contributed by atoms with van der Waals surface area (Å²) in [6.45, 7) is 19.9. The van der Waals surface area contributed by atoms with Gasteiger partial charge in [0, 0.05) is 26.6 Å². The Morgan fingerprint density at radius 2 is 0.797 bits per heavy atom. The van der Waals surface area contributed by atoms with Crippen LogP contribution in [-0.4, -0.2) is 69.7 Å². The van der Waals surface area contributed by atoms with Crippen molar-refractivity contribution in [3.05, 3.63) is 0 Å². The molecule has 7 heteroatoms. The van der Waals surface area contributed by atoms with Crippen LogP contribution in [0.1, 0.15) is 260 Å². The molecule has 0 N–H and O–H groups in total. The van der Waals surface area contributed by atoms with Gasteiger partial charge in [-0.05, 0) is 77.4 Å². The van der Waals surface area contributed by atoms with E-state index < -0.39 is 0 Å². The Bertz CT molecular complexity index is 819. The van der Waals surface area contributed by atoms with Crippen LogP contribution < -0.4 is 0 Å². The van der Waals surface area contributed by atoms with Gasteiger partial charge in [-0.3, -0.25) is 9.59 Å². The Morgan fingerprint density at radius 3 is 1.25 bits per heavy atom.